The lowest BCUT2D eigenvalue weighted by Gasteiger charge is -2.52. The molecule has 8 aliphatic heterocycles. The van der Waals surface area contributed by atoms with Gasteiger partial charge < -0.3 is 80.5 Å². The highest BCUT2D eigenvalue weighted by molar-refractivity contribution is 5.49. The molecule has 0 aliphatic carbocycles. The SMILES string of the molecule is CC(C)(C1CN(Cc2ccccc2)CCO1)N1CC(O)C1.CC(C)(C1CN(c2ccc(N)nc2)CCO1)N1CC(O)C1.CC(C)(C1CN(c2ccc([N+](=O)[O-])nc2)CCO1)N1CC(O)C1.CC(C)(C1CNCCO1)N1CC(O)C1.O=[N+]([O-])c1ccc(F)cn1. The Kier molecular flexibility index (Phi) is 23.8. The number of β-amino-alcohol motifs (C(OH)–C–C–N with tert-alkyl or cyclic N) is 4. The van der Waals surface area contributed by atoms with E-state index in [-0.39, 0.29) is 82.6 Å². The van der Waals surface area contributed by atoms with Crippen LogP contribution in [0, 0.1) is 26.0 Å². The summed E-state index contributed by atoms with van der Waals surface area (Å²) < 4.78 is 35.8. The molecule has 0 amide bonds. The minimum absolute atomic E-state index is 0.000980. The van der Waals surface area contributed by atoms with Gasteiger partial charge in [-0.25, -0.2) is 9.37 Å². The molecule has 0 spiro atoms. The van der Waals surface area contributed by atoms with Crippen molar-refractivity contribution in [3.05, 3.63) is 117 Å². The van der Waals surface area contributed by atoms with E-state index in [0.717, 1.165) is 135 Å². The number of nitrogens with zero attached hydrogens (tertiary/aromatic N) is 12. The van der Waals surface area contributed by atoms with Gasteiger partial charge in [0.25, 0.3) is 0 Å². The van der Waals surface area contributed by atoms with E-state index in [9.17, 15) is 45.0 Å². The number of anilines is 3. The van der Waals surface area contributed by atoms with E-state index in [1.807, 2.05) is 18.3 Å². The molecule has 0 radical (unpaired) electrons. The third-order valence-electron chi connectivity index (χ3n) is 18.6. The molecule has 8 saturated heterocycles. The summed E-state index contributed by atoms with van der Waals surface area (Å²) in [5.41, 5.74) is 8.70. The van der Waals surface area contributed by atoms with Gasteiger partial charge in [-0.1, -0.05) is 30.3 Å². The maximum Gasteiger partial charge on any atom is 0.363 e. The average Bonchev–Trinajstić information content (AvgIpc) is 0.994. The highest BCUT2D eigenvalue weighted by Gasteiger charge is 2.47. The number of hydrogen-bond acceptors (Lipinski definition) is 24. The van der Waals surface area contributed by atoms with Crippen LogP contribution in [0.2, 0.25) is 0 Å². The number of nitrogen functional groups attached to an aromatic ring is 1. The first-order chi connectivity index (χ1) is 42.2. The monoisotopic (exact) mass is 1250 g/mol. The fourth-order valence-electron chi connectivity index (χ4n) is 12.0. The van der Waals surface area contributed by atoms with Crippen LogP contribution in [0.3, 0.4) is 0 Å². The summed E-state index contributed by atoms with van der Waals surface area (Å²) in [7, 11) is 0. The van der Waals surface area contributed by atoms with Gasteiger partial charge in [0.1, 0.15) is 5.82 Å². The van der Waals surface area contributed by atoms with Gasteiger partial charge in [0.05, 0.1) is 92.8 Å². The molecular weight excluding hydrogens is 1150 g/mol. The maximum atomic E-state index is 12.1. The lowest BCUT2D eigenvalue weighted by molar-refractivity contribution is -0.389. The molecule has 12 rings (SSSR count). The smallest absolute Gasteiger partial charge is 0.363 e. The minimum atomic E-state index is -0.681. The lowest BCUT2D eigenvalue weighted by Crippen LogP contribution is -2.67. The van der Waals surface area contributed by atoms with Crippen molar-refractivity contribution >= 4 is 28.8 Å². The molecule has 492 valence electrons. The van der Waals surface area contributed by atoms with Crippen LogP contribution in [-0.4, -0.2) is 272 Å². The van der Waals surface area contributed by atoms with Crippen LogP contribution >= 0.6 is 0 Å². The zero-order valence-corrected chi connectivity index (χ0v) is 52.9. The normalized spacial score (nSPS) is 24.1. The summed E-state index contributed by atoms with van der Waals surface area (Å²) in [4.78, 5) is 46.7. The molecule has 8 aliphatic rings. The summed E-state index contributed by atoms with van der Waals surface area (Å²) in [6.07, 6.45) is 3.98. The van der Waals surface area contributed by atoms with Crippen LogP contribution in [0.5, 0.6) is 0 Å². The molecule has 27 heteroatoms. The van der Waals surface area contributed by atoms with Crippen molar-refractivity contribution in [2.45, 2.75) is 133 Å². The zero-order chi connectivity index (χ0) is 64.3. The first kappa shape index (κ1) is 69.1. The van der Waals surface area contributed by atoms with Crippen molar-refractivity contribution in [1.82, 2.24) is 44.8 Å². The molecule has 89 heavy (non-hydrogen) atoms. The number of aliphatic hydroxyl groups excluding tert-OH is 4. The van der Waals surface area contributed by atoms with Gasteiger partial charge in [0, 0.05) is 146 Å². The first-order valence-corrected chi connectivity index (χ1v) is 30.9. The number of likely N-dealkylation sites (tertiary alicyclic amines) is 4. The predicted octanol–water partition coefficient (Wildman–Crippen LogP) is 2.88. The number of aliphatic hydroxyl groups is 4. The van der Waals surface area contributed by atoms with E-state index in [1.54, 1.807) is 12.3 Å². The summed E-state index contributed by atoms with van der Waals surface area (Å²) in [5, 5.41) is 61.8. The fourth-order valence-corrected chi connectivity index (χ4v) is 12.0. The van der Waals surface area contributed by atoms with Crippen LogP contribution in [0.4, 0.5) is 33.2 Å². The molecule has 3 aromatic heterocycles. The summed E-state index contributed by atoms with van der Waals surface area (Å²) >= 11 is 0. The third-order valence-corrected chi connectivity index (χ3v) is 18.6. The van der Waals surface area contributed by atoms with E-state index in [0.29, 0.717) is 38.7 Å². The van der Waals surface area contributed by atoms with Gasteiger partial charge >= 0.3 is 11.6 Å². The van der Waals surface area contributed by atoms with Crippen LogP contribution in [0.1, 0.15) is 61.0 Å². The Labute approximate surface area is 522 Å². The van der Waals surface area contributed by atoms with Gasteiger partial charge in [-0.15, -0.1) is 0 Å². The third kappa shape index (κ3) is 18.3. The second-order valence-corrected chi connectivity index (χ2v) is 26.3. The predicted molar refractivity (Wildman–Crippen MR) is 335 cm³/mol. The molecule has 8 fully saturated rings. The second kappa shape index (κ2) is 30.6. The van der Waals surface area contributed by atoms with E-state index < -0.39 is 15.7 Å². The van der Waals surface area contributed by atoms with Gasteiger partial charge in [0.15, 0.2) is 18.2 Å². The Morgan fingerprint density at radius 2 is 0.933 bits per heavy atom. The second-order valence-electron chi connectivity index (χ2n) is 26.3. The number of morpholine rings is 4. The van der Waals surface area contributed by atoms with Crippen LogP contribution in [-0.2, 0) is 25.5 Å². The Morgan fingerprint density at radius 1 is 0.528 bits per heavy atom. The number of nitrogens with two attached hydrogens (primary N) is 1. The molecule has 0 saturated carbocycles. The molecule has 11 heterocycles. The largest absolute Gasteiger partial charge is 0.390 e. The van der Waals surface area contributed by atoms with Crippen LogP contribution in [0.25, 0.3) is 0 Å². The number of nitrogens with one attached hydrogen (secondary N) is 1. The number of halogens is 1. The molecular formula is C62H95FN14O12. The highest BCUT2D eigenvalue weighted by Crippen LogP contribution is 2.34. The summed E-state index contributed by atoms with van der Waals surface area (Å²) in [6.45, 7) is 34.2. The molecule has 4 atom stereocenters. The highest BCUT2D eigenvalue weighted by atomic mass is 19.1. The fraction of sp³-hybridized carbons (Fsp3) is 0.661. The number of benzene rings is 1. The van der Waals surface area contributed by atoms with Crippen LogP contribution in [0.15, 0.2) is 85.3 Å². The average molecular weight is 1250 g/mol. The Hall–Kier alpha value is -5.76. The quantitative estimate of drug-likeness (QED) is 0.0781. The van der Waals surface area contributed by atoms with Gasteiger partial charge in [0.2, 0.25) is 0 Å². The molecule has 4 unspecified atom stereocenters. The Morgan fingerprint density at radius 3 is 1.31 bits per heavy atom. The topological polar surface area (TPSA) is 304 Å². The minimum Gasteiger partial charge on any atom is -0.390 e. The van der Waals surface area contributed by atoms with Crippen molar-refractivity contribution < 1.29 is 53.6 Å². The number of rotatable bonds is 14. The van der Waals surface area contributed by atoms with Crippen LogP contribution < -0.4 is 20.9 Å². The molecule has 26 nitrogen and oxygen atoms in total. The Balaban J connectivity index is 0.000000147. The summed E-state index contributed by atoms with van der Waals surface area (Å²) in [6, 6.07) is 19.6. The van der Waals surface area contributed by atoms with Gasteiger partial charge in [-0.2, -0.15) is 0 Å². The molecule has 7 N–H and O–H groups in total. The summed E-state index contributed by atoms with van der Waals surface area (Å²) in [5.74, 6) is -0.529. The van der Waals surface area contributed by atoms with E-state index in [1.165, 1.54) is 11.6 Å². The number of hydrogen-bond donors (Lipinski definition) is 6. The van der Waals surface area contributed by atoms with E-state index >= 15 is 0 Å². The Bertz CT molecular complexity index is 2820. The number of aromatic nitrogens is 3. The van der Waals surface area contributed by atoms with Crippen molar-refractivity contribution in [3.63, 3.8) is 0 Å². The van der Waals surface area contributed by atoms with Crippen molar-refractivity contribution in [3.8, 4) is 0 Å². The molecule has 4 aromatic rings. The zero-order valence-electron chi connectivity index (χ0n) is 52.9. The van der Waals surface area contributed by atoms with Gasteiger partial charge in [-0.05, 0) is 105 Å². The molecule has 0 bridgehead atoms. The van der Waals surface area contributed by atoms with E-state index in [4.69, 9.17) is 24.7 Å². The van der Waals surface area contributed by atoms with E-state index in [2.05, 4.69) is 140 Å². The standard InChI is InChI=1S/C17H26N2O2.C15H22N4O4.C15H24N4O2.C10H20N2O2.C5H3FN2O2/c1-17(2,19-11-15(20)12-19)16-13-18(8-9-21-16)10-14-6-4-3-5-7-14;1-15(2,18-8-12(20)9-18)13-10-17(5-6-23-13)11-3-4-14(16-7-11)19(21)22;1-15(2,19-8-12(20)9-19)13-10-18(5-6-21-13)11-3-4-14(16)17-7-11;1-10(2,12-6-8(13)7-12)9-5-11-3-4-14-9;6-4-1-2-5(7-3-4)8(9)10/h3-7,15-16,20H,8-13H2,1-2H3;3-4,7,12-13,20H,5-6,8-10H2,1-2H3;3-4,7,12-13,20H,5-6,8-10H2,1-2H3,(H2,16,17);8-9,11,13H,3-7H2,1-2H3;1-3H. The lowest BCUT2D eigenvalue weighted by atomic mass is 9.89. The first-order valence-electron chi connectivity index (χ1n) is 30.9. The maximum absolute atomic E-state index is 12.1. The number of ether oxygens (including phenoxy) is 4. The van der Waals surface area contributed by atoms with Crippen molar-refractivity contribution in [2.75, 3.05) is 147 Å². The van der Waals surface area contributed by atoms with Crippen molar-refractivity contribution in [2.24, 2.45) is 0 Å². The number of nitro groups is 2. The number of pyridine rings is 3. The van der Waals surface area contributed by atoms with Gasteiger partial charge in [-0.3, -0.25) is 24.5 Å². The molecule has 1 aromatic carbocycles. The van der Waals surface area contributed by atoms with Crippen molar-refractivity contribution in [1.29, 1.82) is 0 Å².